The van der Waals surface area contributed by atoms with Gasteiger partial charge < -0.3 is 5.32 Å². The van der Waals surface area contributed by atoms with Gasteiger partial charge in [-0.05, 0) is 43.5 Å². The van der Waals surface area contributed by atoms with Crippen molar-refractivity contribution in [3.8, 4) is 10.6 Å². The van der Waals surface area contributed by atoms with E-state index >= 15 is 0 Å². The van der Waals surface area contributed by atoms with Gasteiger partial charge in [-0.2, -0.15) is 0 Å². The van der Waals surface area contributed by atoms with E-state index in [1.807, 2.05) is 0 Å². The lowest BCUT2D eigenvalue weighted by Crippen LogP contribution is -2.35. The summed E-state index contributed by atoms with van der Waals surface area (Å²) in [6, 6.07) is 17.8. The van der Waals surface area contributed by atoms with Gasteiger partial charge in [0.1, 0.15) is 5.01 Å². The molecule has 0 spiro atoms. The van der Waals surface area contributed by atoms with Crippen molar-refractivity contribution < 1.29 is 0 Å². The number of hydrogen-bond acceptors (Lipinski definition) is 3. The number of para-hydroxylation sites is 1. The molecule has 4 rings (SSSR count). The number of nitrogens with zero attached hydrogens (tertiary/aromatic N) is 1. The van der Waals surface area contributed by atoms with E-state index in [0.29, 0.717) is 6.04 Å². The average Bonchev–Trinajstić information content (AvgIpc) is 3.00. The highest BCUT2D eigenvalue weighted by molar-refractivity contribution is 7.21. The molecule has 1 aliphatic rings. The van der Waals surface area contributed by atoms with E-state index in [-0.39, 0.29) is 0 Å². The van der Waals surface area contributed by atoms with Crippen molar-refractivity contribution in [2.45, 2.75) is 31.7 Å². The lowest BCUT2D eigenvalue weighted by Gasteiger charge is -2.24. The van der Waals surface area contributed by atoms with Gasteiger partial charge in [-0.1, -0.05) is 42.8 Å². The highest BCUT2D eigenvalue weighted by Gasteiger charge is 2.16. The Labute approximate surface area is 135 Å². The molecule has 0 saturated carbocycles. The van der Waals surface area contributed by atoms with E-state index in [0.717, 1.165) is 23.5 Å². The first kappa shape index (κ1) is 13.9. The molecule has 1 aromatic heterocycles. The quantitative estimate of drug-likeness (QED) is 0.762. The van der Waals surface area contributed by atoms with E-state index < -0.39 is 0 Å². The van der Waals surface area contributed by atoms with Gasteiger partial charge >= 0.3 is 0 Å². The molecule has 0 radical (unpaired) electrons. The van der Waals surface area contributed by atoms with Crippen LogP contribution in [-0.4, -0.2) is 17.6 Å². The smallest absolute Gasteiger partial charge is 0.124 e. The van der Waals surface area contributed by atoms with Crippen LogP contribution < -0.4 is 5.32 Å². The third-order valence-corrected chi connectivity index (χ3v) is 5.49. The monoisotopic (exact) mass is 308 g/mol. The zero-order valence-corrected chi connectivity index (χ0v) is 13.4. The maximum Gasteiger partial charge on any atom is 0.124 e. The third-order valence-electron chi connectivity index (χ3n) is 4.42. The fourth-order valence-electron chi connectivity index (χ4n) is 3.26. The van der Waals surface area contributed by atoms with Crippen molar-refractivity contribution in [2.24, 2.45) is 0 Å². The third kappa shape index (κ3) is 2.79. The fourth-order valence-corrected chi connectivity index (χ4v) is 4.28. The first-order chi connectivity index (χ1) is 10.9. The molecular formula is C19H20N2S. The van der Waals surface area contributed by atoms with Crippen molar-refractivity contribution in [3.63, 3.8) is 0 Å². The summed E-state index contributed by atoms with van der Waals surface area (Å²) < 4.78 is 1.27. The Balaban J connectivity index is 1.68. The van der Waals surface area contributed by atoms with Crippen molar-refractivity contribution in [1.29, 1.82) is 0 Å². The molecule has 1 unspecified atom stereocenters. The number of thiazole rings is 1. The number of hydrogen-bond donors (Lipinski definition) is 1. The Morgan fingerprint density at radius 3 is 2.77 bits per heavy atom. The number of rotatable bonds is 3. The van der Waals surface area contributed by atoms with Crippen LogP contribution in [0.25, 0.3) is 20.8 Å². The highest BCUT2D eigenvalue weighted by atomic mass is 32.1. The first-order valence-corrected chi connectivity index (χ1v) is 8.89. The van der Waals surface area contributed by atoms with Crippen LogP contribution in [0.3, 0.4) is 0 Å². The summed E-state index contributed by atoms with van der Waals surface area (Å²) in [6.45, 7) is 1.16. The average molecular weight is 308 g/mol. The Morgan fingerprint density at radius 2 is 1.91 bits per heavy atom. The Kier molecular flexibility index (Phi) is 3.92. The van der Waals surface area contributed by atoms with Crippen LogP contribution in [0.5, 0.6) is 0 Å². The second-order valence-corrected chi connectivity index (χ2v) is 7.03. The van der Waals surface area contributed by atoms with E-state index in [1.165, 1.54) is 35.1 Å². The summed E-state index contributed by atoms with van der Waals surface area (Å²) >= 11 is 1.80. The van der Waals surface area contributed by atoms with Gasteiger partial charge in [0.15, 0.2) is 0 Å². The first-order valence-electron chi connectivity index (χ1n) is 8.07. The fraction of sp³-hybridized carbons (Fsp3) is 0.316. The minimum Gasteiger partial charge on any atom is -0.314 e. The van der Waals surface area contributed by atoms with Gasteiger partial charge in [0.25, 0.3) is 0 Å². The van der Waals surface area contributed by atoms with Gasteiger partial charge in [0.2, 0.25) is 0 Å². The molecule has 0 aliphatic carbocycles. The van der Waals surface area contributed by atoms with Crippen LogP contribution in [-0.2, 0) is 6.42 Å². The molecule has 0 bridgehead atoms. The molecule has 3 heteroatoms. The summed E-state index contributed by atoms with van der Waals surface area (Å²) in [5.41, 5.74) is 3.82. The number of fused-ring (bicyclic) bond motifs is 1. The van der Waals surface area contributed by atoms with Crippen LogP contribution in [0.1, 0.15) is 24.8 Å². The Hall–Kier alpha value is -1.71. The molecular weight excluding hydrogens is 288 g/mol. The highest BCUT2D eigenvalue weighted by Crippen LogP contribution is 2.32. The van der Waals surface area contributed by atoms with Crippen molar-refractivity contribution in [2.75, 3.05) is 6.54 Å². The van der Waals surface area contributed by atoms with Crippen molar-refractivity contribution in [3.05, 3.63) is 54.1 Å². The summed E-state index contributed by atoms with van der Waals surface area (Å²) in [6.07, 6.45) is 5.05. The summed E-state index contributed by atoms with van der Waals surface area (Å²) in [5.74, 6) is 0. The molecule has 3 aromatic rings. The molecule has 2 nitrogen and oxygen atoms in total. The largest absolute Gasteiger partial charge is 0.314 e. The summed E-state index contributed by atoms with van der Waals surface area (Å²) in [4.78, 5) is 4.83. The predicted octanol–water partition coefficient (Wildman–Crippen LogP) is 4.65. The van der Waals surface area contributed by atoms with Gasteiger partial charge in [0, 0.05) is 11.6 Å². The molecule has 1 saturated heterocycles. The zero-order chi connectivity index (χ0) is 14.8. The van der Waals surface area contributed by atoms with Crippen LogP contribution in [0.2, 0.25) is 0 Å². The molecule has 1 N–H and O–H groups in total. The lowest BCUT2D eigenvalue weighted by molar-refractivity contribution is 0.399. The van der Waals surface area contributed by atoms with E-state index in [9.17, 15) is 0 Å². The van der Waals surface area contributed by atoms with Crippen LogP contribution in [0, 0.1) is 0 Å². The maximum atomic E-state index is 4.83. The number of benzene rings is 2. The molecule has 2 aromatic carbocycles. The van der Waals surface area contributed by atoms with Gasteiger partial charge in [-0.3, -0.25) is 0 Å². The molecule has 112 valence electrons. The minimum absolute atomic E-state index is 0.615. The molecule has 2 heterocycles. The number of aromatic nitrogens is 1. The minimum atomic E-state index is 0.615. The molecule has 1 fully saturated rings. The van der Waals surface area contributed by atoms with Gasteiger partial charge in [-0.25, -0.2) is 4.98 Å². The molecule has 0 amide bonds. The van der Waals surface area contributed by atoms with Crippen molar-refractivity contribution >= 4 is 21.6 Å². The second-order valence-electron chi connectivity index (χ2n) is 5.99. The SMILES string of the molecule is c1ccc(-c2nc3ccccc3s2)c(CC2CCCCN2)c1. The van der Waals surface area contributed by atoms with Gasteiger partial charge in [-0.15, -0.1) is 11.3 Å². The van der Waals surface area contributed by atoms with E-state index in [2.05, 4.69) is 53.8 Å². The zero-order valence-electron chi connectivity index (χ0n) is 12.6. The predicted molar refractivity (Wildman–Crippen MR) is 94.4 cm³/mol. The molecule has 22 heavy (non-hydrogen) atoms. The molecule has 1 aliphatic heterocycles. The van der Waals surface area contributed by atoms with Crippen LogP contribution in [0.4, 0.5) is 0 Å². The van der Waals surface area contributed by atoms with Crippen LogP contribution in [0.15, 0.2) is 48.5 Å². The standard InChI is InChI=1S/C19H20N2S/c1-2-9-16(14(7-1)13-15-8-5-6-12-20-15)19-21-17-10-3-4-11-18(17)22-19/h1-4,7,9-11,15,20H,5-6,8,12-13H2. The van der Waals surface area contributed by atoms with Gasteiger partial charge in [0.05, 0.1) is 10.2 Å². The van der Waals surface area contributed by atoms with E-state index in [4.69, 9.17) is 4.98 Å². The van der Waals surface area contributed by atoms with E-state index in [1.54, 1.807) is 11.3 Å². The second kappa shape index (κ2) is 6.19. The number of nitrogens with one attached hydrogen (secondary N) is 1. The normalized spacial score (nSPS) is 18.6. The van der Waals surface area contributed by atoms with Crippen molar-refractivity contribution in [1.82, 2.24) is 10.3 Å². The summed E-state index contributed by atoms with van der Waals surface area (Å²) in [5, 5.41) is 4.80. The molecule has 1 atom stereocenters. The lowest BCUT2D eigenvalue weighted by atomic mass is 9.95. The number of piperidine rings is 1. The Morgan fingerprint density at radius 1 is 1.05 bits per heavy atom. The topological polar surface area (TPSA) is 24.9 Å². The summed E-state index contributed by atoms with van der Waals surface area (Å²) in [7, 11) is 0. The maximum absolute atomic E-state index is 4.83. The van der Waals surface area contributed by atoms with Crippen LogP contribution >= 0.6 is 11.3 Å². The Bertz CT molecular complexity index is 739.